The topological polar surface area (TPSA) is 44.4 Å². The van der Waals surface area contributed by atoms with Gasteiger partial charge in [-0.3, -0.25) is 0 Å². The van der Waals surface area contributed by atoms with Gasteiger partial charge in [0, 0.05) is 19.1 Å². The first-order chi connectivity index (χ1) is 8.42. The van der Waals surface area contributed by atoms with Crippen LogP contribution in [0.15, 0.2) is 0 Å². The maximum Gasteiger partial charge on any atom is 0.405 e. The molecule has 1 rings (SSSR count). The summed E-state index contributed by atoms with van der Waals surface area (Å²) in [5.74, 6) is 0. The number of hydrogen-bond acceptors (Lipinski definition) is 2. The summed E-state index contributed by atoms with van der Waals surface area (Å²) in [5, 5.41) is 5.24. The molecule has 2 N–H and O–H groups in total. The summed E-state index contributed by atoms with van der Waals surface area (Å²) in [7, 11) is 0. The highest BCUT2D eigenvalue weighted by molar-refractivity contribution is 5.74. The van der Waals surface area contributed by atoms with Crippen molar-refractivity contribution in [3.05, 3.63) is 0 Å². The lowest BCUT2D eigenvalue weighted by Crippen LogP contribution is -2.50. The standard InChI is InChI=1S/C11H20F3N3O/c1-2-5-15-9-3-6-17(7-4-9)10(18)16-8-11(12,13)14/h9,15H,2-8H2,1H3,(H,16,18). The van der Waals surface area contributed by atoms with Crippen LogP contribution in [0.1, 0.15) is 26.2 Å². The predicted octanol–water partition coefficient (Wildman–Crippen LogP) is 1.72. The van der Waals surface area contributed by atoms with Gasteiger partial charge in [-0.1, -0.05) is 6.92 Å². The molecule has 1 aliphatic rings. The third kappa shape index (κ3) is 5.57. The molecule has 0 spiro atoms. The Labute approximate surface area is 105 Å². The Balaban J connectivity index is 2.23. The summed E-state index contributed by atoms with van der Waals surface area (Å²) >= 11 is 0. The smallest absolute Gasteiger partial charge is 0.329 e. The number of alkyl halides is 3. The third-order valence-corrected chi connectivity index (χ3v) is 2.91. The van der Waals surface area contributed by atoms with Gasteiger partial charge in [-0.05, 0) is 25.8 Å². The largest absolute Gasteiger partial charge is 0.405 e. The average Bonchev–Trinajstić information content (AvgIpc) is 2.33. The van der Waals surface area contributed by atoms with Crippen LogP contribution in [0.5, 0.6) is 0 Å². The molecule has 18 heavy (non-hydrogen) atoms. The highest BCUT2D eigenvalue weighted by atomic mass is 19.4. The maximum absolute atomic E-state index is 11.9. The molecule has 106 valence electrons. The van der Waals surface area contributed by atoms with Crippen molar-refractivity contribution in [2.45, 2.75) is 38.4 Å². The van der Waals surface area contributed by atoms with E-state index >= 15 is 0 Å². The van der Waals surface area contributed by atoms with Crippen LogP contribution in [-0.4, -0.2) is 49.3 Å². The van der Waals surface area contributed by atoms with Gasteiger partial charge in [-0.2, -0.15) is 13.2 Å². The second kappa shape index (κ2) is 6.82. The lowest BCUT2D eigenvalue weighted by molar-refractivity contribution is -0.123. The van der Waals surface area contributed by atoms with E-state index in [-0.39, 0.29) is 0 Å². The van der Waals surface area contributed by atoms with E-state index in [9.17, 15) is 18.0 Å². The number of halogens is 3. The molecule has 0 unspecified atom stereocenters. The van der Waals surface area contributed by atoms with Crippen LogP contribution < -0.4 is 10.6 Å². The SMILES string of the molecule is CCCNC1CCN(C(=O)NCC(F)(F)F)CC1. The molecule has 7 heteroatoms. The van der Waals surface area contributed by atoms with Crippen molar-refractivity contribution < 1.29 is 18.0 Å². The summed E-state index contributed by atoms with van der Waals surface area (Å²) < 4.78 is 35.8. The van der Waals surface area contributed by atoms with Crippen LogP contribution in [0.3, 0.4) is 0 Å². The van der Waals surface area contributed by atoms with Crippen LogP contribution in [0.4, 0.5) is 18.0 Å². The van der Waals surface area contributed by atoms with E-state index in [0.29, 0.717) is 19.1 Å². The van der Waals surface area contributed by atoms with Crippen molar-refractivity contribution in [3.8, 4) is 0 Å². The molecule has 1 heterocycles. The van der Waals surface area contributed by atoms with Crippen LogP contribution in [0.25, 0.3) is 0 Å². The van der Waals surface area contributed by atoms with Gasteiger partial charge in [-0.25, -0.2) is 4.79 Å². The van der Waals surface area contributed by atoms with E-state index in [1.165, 1.54) is 4.90 Å². The van der Waals surface area contributed by atoms with Gasteiger partial charge < -0.3 is 15.5 Å². The normalized spacial score (nSPS) is 17.9. The van der Waals surface area contributed by atoms with Gasteiger partial charge >= 0.3 is 12.2 Å². The summed E-state index contributed by atoms with van der Waals surface area (Å²) in [5.41, 5.74) is 0. The lowest BCUT2D eigenvalue weighted by Gasteiger charge is -2.32. The third-order valence-electron chi connectivity index (χ3n) is 2.91. The number of rotatable bonds is 4. The fourth-order valence-corrected chi connectivity index (χ4v) is 1.92. The predicted molar refractivity (Wildman–Crippen MR) is 62.3 cm³/mol. The molecule has 1 fully saturated rings. The molecule has 0 aromatic heterocycles. The van der Waals surface area contributed by atoms with Gasteiger partial charge in [0.1, 0.15) is 6.54 Å². The van der Waals surface area contributed by atoms with Gasteiger partial charge in [0.05, 0.1) is 0 Å². The highest BCUT2D eigenvalue weighted by Gasteiger charge is 2.29. The first-order valence-corrected chi connectivity index (χ1v) is 6.25. The number of amides is 2. The first kappa shape index (κ1) is 15.1. The van der Waals surface area contributed by atoms with Crippen molar-refractivity contribution in [2.75, 3.05) is 26.2 Å². The monoisotopic (exact) mass is 267 g/mol. The van der Waals surface area contributed by atoms with Crippen molar-refractivity contribution in [1.82, 2.24) is 15.5 Å². The number of urea groups is 1. The zero-order chi connectivity index (χ0) is 13.6. The van der Waals surface area contributed by atoms with E-state index < -0.39 is 18.8 Å². The Kier molecular flexibility index (Phi) is 5.71. The molecule has 0 aromatic rings. The molecule has 0 aliphatic carbocycles. The van der Waals surface area contributed by atoms with Gasteiger partial charge in [0.15, 0.2) is 0 Å². The van der Waals surface area contributed by atoms with E-state index in [4.69, 9.17) is 0 Å². The van der Waals surface area contributed by atoms with E-state index in [1.807, 2.05) is 5.32 Å². The summed E-state index contributed by atoms with van der Waals surface area (Å²) in [4.78, 5) is 12.9. The molecule has 1 aliphatic heterocycles. The van der Waals surface area contributed by atoms with E-state index in [0.717, 1.165) is 25.8 Å². The molecule has 0 atom stereocenters. The Morgan fingerprint density at radius 1 is 1.33 bits per heavy atom. The minimum atomic E-state index is -4.35. The zero-order valence-electron chi connectivity index (χ0n) is 10.5. The molecule has 1 saturated heterocycles. The summed E-state index contributed by atoms with van der Waals surface area (Å²) in [6.45, 7) is 2.76. The van der Waals surface area contributed by atoms with Crippen LogP contribution >= 0.6 is 0 Å². The molecular weight excluding hydrogens is 247 g/mol. The van der Waals surface area contributed by atoms with Crippen molar-refractivity contribution >= 4 is 6.03 Å². The van der Waals surface area contributed by atoms with Crippen molar-refractivity contribution in [1.29, 1.82) is 0 Å². The molecule has 0 aromatic carbocycles. The first-order valence-electron chi connectivity index (χ1n) is 6.25. The van der Waals surface area contributed by atoms with E-state index in [1.54, 1.807) is 0 Å². The Morgan fingerprint density at radius 2 is 1.94 bits per heavy atom. The Hall–Kier alpha value is -0.980. The second-order valence-corrected chi connectivity index (χ2v) is 4.49. The Morgan fingerprint density at radius 3 is 2.44 bits per heavy atom. The minimum Gasteiger partial charge on any atom is -0.329 e. The fraction of sp³-hybridized carbons (Fsp3) is 0.909. The molecular formula is C11H20F3N3O. The average molecular weight is 267 g/mol. The molecule has 0 saturated carbocycles. The van der Waals surface area contributed by atoms with Crippen LogP contribution in [0, 0.1) is 0 Å². The fourth-order valence-electron chi connectivity index (χ4n) is 1.92. The molecule has 0 bridgehead atoms. The van der Waals surface area contributed by atoms with Crippen LogP contribution in [-0.2, 0) is 0 Å². The van der Waals surface area contributed by atoms with Gasteiger partial charge in [0.25, 0.3) is 0 Å². The summed E-state index contributed by atoms with van der Waals surface area (Å²) in [6.07, 6.45) is -1.72. The zero-order valence-corrected chi connectivity index (χ0v) is 10.5. The number of nitrogens with one attached hydrogen (secondary N) is 2. The number of carbonyl (C=O) groups excluding carboxylic acids is 1. The van der Waals surface area contributed by atoms with Gasteiger partial charge in [0.2, 0.25) is 0 Å². The number of hydrogen-bond donors (Lipinski definition) is 2. The van der Waals surface area contributed by atoms with Crippen molar-refractivity contribution in [2.24, 2.45) is 0 Å². The number of nitrogens with zero attached hydrogens (tertiary/aromatic N) is 1. The minimum absolute atomic E-state index is 0.372. The van der Waals surface area contributed by atoms with Crippen molar-refractivity contribution in [3.63, 3.8) is 0 Å². The molecule has 4 nitrogen and oxygen atoms in total. The summed E-state index contributed by atoms with van der Waals surface area (Å²) in [6, 6.07) is -0.252. The van der Waals surface area contributed by atoms with Gasteiger partial charge in [-0.15, -0.1) is 0 Å². The lowest BCUT2D eigenvalue weighted by atomic mass is 10.1. The Bertz CT molecular complexity index is 263. The second-order valence-electron chi connectivity index (χ2n) is 4.49. The maximum atomic E-state index is 11.9. The molecule has 2 amide bonds. The number of likely N-dealkylation sites (tertiary alicyclic amines) is 1. The van der Waals surface area contributed by atoms with E-state index in [2.05, 4.69) is 12.2 Å². The molecule has 0 radical (unpaired) electrons. The number of piperidine rings is 1. The number of carbonyl (C=O) groups is 1. The highest BCUT2D eigenvalue weighted by Crippen LogP contribution is 2.14. The van der Waals surface area contributed by atoms with Crippen LogP contribution in [0.2, 0.25) is 0 Å². The quantitative estimate of drug-likeness (QED) is 0.814.